The zero-order valence-electron chi connectivity index (χ0n) is 9.44. The van der Waals surface area contributed by atoms with Gasteiger partial charge in [-0.3, -0.25) is 4.79 Å². The molecular formula is C14H15NO. The normalized spacial score (nSPS) is 15.6. The Balaban J connectivity index is 2.18. The molecule has 0 spiro atoms. The van der Waals surface area contributed by atoms with E-state index in [1.165, 1.54) is 29.3 Å². The number of benzene rings is 1. The molecule has 0 atom stereocenters. The molecular weight excluding hydrogens is 198 g/mol. The molecule has 16 heavy (non-hydrogen) atoms. The van der Waals surface area contributed by atoms with Crippen molar-refractivity contribution in [3.8, 4) is 0 Å². The van der Waals surface area contributed by atoms with Gasteiger partial charge >= 0.3 is 0 Å². The fourth-order valence-electron chi connectivity index (χ4n) is 2.25. The third kappa shape index (κ3) is 1.54. The molecule has 0 aliphatic heterocycles. The van der Waals surface area contributed by atoms with Crippen molar-refractivity contribution in [3.05, 3.63) is 35.5 Å². The van der Waals surface area contributed by atoms with Crippen LogP contribution in [0.5, 0.6) is 0 Å². The van der Waals surface area contributed by atoms with E-state index in [-0.39, 0.29) is 0 Å². The molecule has 82 valence electrons. The second-order valence-electron chi connectivity index (χ2n) is 4.80. The highest BCUT2D eigenvalue weighted by Crippen LogP contribution is 2.33. The molecule has 1 aromatic carbocycles. The Morgan fingerprint density at radius 1 is 1.38 bits per heavy atom. The van der Waals surface area contributed by atoms with E-state index in [9.17, 15) is 4.79 Å². The molecule has 0 saturated heterocycles. The maximum absolute atomic E-state index is 11.1. The summed E-state index contributed by atoms with van der Waals surface area (Å²) in [5.74, 6) is 0.787. The summed E-state index contributed by atoms with van der Waals surface area (Å²) < 4.78 is 2.17. The third-order valence-corrected chi connectivity index (χ3v) is 3.35. The van der Waals surface area contributed by atoms with Gasteiger partial charge in [-0.05, 0) is 43.4 Å². The Morgan fingerprint density at radius 3 is 2.88 bits per heavy atom. The number of carbonyl (C=O) groups excluding carboxylic acids is 1. The van der Waals surface area contributed by atoms with Crippen LogP contribution in [-0.2, 0) is 6.54 Å². The molecule has 0 amide bonds. The summed E-state index contributed by atoms with van der Waals surface area (Å²) in [6.07, 6.45) is 3.59. The molecule has 0 radical (unpaired) electrons. The molecule has 1 saturated carbocycles. The van der Waals surface area contributed by atoms with Crippen molar-refractivity contribution in [2.75, 3.05) is 0 Å². The predicted molar refractivity (Wildman–Crippen MR) is 64.8 cm³/mol. The van der Waals surface area contributed by atoms with Crippen LogP contribution in [-0.4, -0.2) is 10.9 Å². The Morgan fingerprint density at radius 2 is 2.19 bits per heavy atom. The van der Waals surface area contributed by atoms with E-state index in [4.69, 9.17) is 0 Å². The van der Waals surface area contributed by atoms with Gasteiger partial charge in [-0.25, -0.2) is 0 Å². The van der Waals surface area contributed by atoms with Gasteiger partial charge in [0.05, 0.1) is 5.69 Å². The van der Waals surface area contributed by atoms with E-state index in [1.807, 2.05) is 6.07 Å². The summed E-state index contributed by atoms with van der Waals surface area (Å²) in [7, 11) is 0. The van der Waals surface area contributed by atoms with Crippen LogP contribution >= 0.6 is 0 Å². The highest BCUT2D eigenvalue weighted by atomic mass is 16.1. The number of hydrogen-bond donors (Lipinski definition) is 0. The van der Waals surface area contributed by atoms with Gasteiger partial charge in [0.2, 0.25) is 0 Å². The largest absolute Gasteiger partial charge is 0.338 e. The molecule has 2 aromatic rings. The summed E-state index contributed by atoms with van der Waals surface area (Å²) in [4.78, 5) is 11.1. The van der Waals surface area contributed by atoms with Crippen molar-refractivity contribution in [1.82, 2.24) is 4.57 Å². The second kappa shape index (κ2) is 3.48. The van der Waals surface area contributed by atoms with Gasteiger partial charge in [-0.2, -0.15) is 0 Å². The standard InChI is InChI=1S/C14H15NO/c1-10-2-5-12-7-13(9-16)15(14(12)6-10)8-11-3-4-11/h2,5-7,9,11H,3-4,8H2,1H3. The smallest absolute Gasteiger partial charge is 0.166 e. The lowest BCUT2D eigenvalue weighted by Crippen LogP contribution is -2.03. The maximum Gasteiger partial charge on any atom is 0.166 e. The minimum Gasteiger partial charge on any atom is -0.338 e. The average molecular weight is 213 g/mol. The van der Waals surface area contributed by atoms with Gasteiger partial charge in [0.1, 0.15) is 0 Å². The van der Waals surface area contributed by atoms with Gasteiger partial charge in [0.25, 0.3) is 0 Å². The lowest BCUT2D eigenvalue weighted by Gasteiger charge is -2.06. The molecule has 1 fully saturated rings. The van der Waals surface area contributed by atoms with Crippen LogP contribution in [0, 0.1) is 12.8 Å². The first kappa shape index (κ1) is 9.64. The van der Waals surface area contributed by atoms with Gasteiger partial charge in [-0.1, -0.05) is 12.1 Å². The number of rotatable bonds is 3. The molecule has 1 aliphatic carbocycles. The van der Waals surface area contributed by atoms with Crippen molar-refractivity contribution in [2.24, 2.45) is 5.92 Å². The van der Waals surface area contributed by atoms with E-state index in [1.54, 1.807) is 0 Å². The summed E-state index contributed by atoms with van der Waals surface area (Å²) >= 11 is 0. The first-order valence-electron chi connectivity index (χ1n) is 5.83. The van der Waals surface area contributed by atoms with Gasteiger partial charge < -0.3 is 4.57 Å². The number of aldehydes is 1. The quantitative estimate of drug-likeness (QED) is 0.718. The van der Waals surface area contributed by atoms with E-state index >= 15 is 0 Å². The van der Waals surface area contributed by atoms with E-state index < -0.39 is 0 Å². The summed E-state index contributed by atoms with van der Waals surface area (Å²) in [5, 5.41) is 1.17. The Labute approximate surface area is 94.9 Å². The van der Waals surface area contributed by atoms with Crippen molar-refractivity contribution in [1.29, 1.82) is 0 Å². The Hall–Kier alpha value is -1.57. The maximum atomic E-state index is 11.1. The SMILES string of the molecule is Cc1ccc2cc(C=O)n(CC3CC3)c2c1. The van der Waals surface area contributed by atoms with Crippen molar-refractivity contribution in [2.45, 2.75) is 26.3 Å². The first-order valence-corrected chi connectivity index (χ1v) is 5.83. The minimum atomic E-state index is 0.787. The second-order valence-corrected chi connectivity index (χ2v) is 4.80. The molecule has 1 aliphatic rings. The molecule has 3 rings (SSSR count). The fourth-order valence-corrected chi connectivity index (χ4v) is 2.25. The zero-order valence-corrected chi connectivity index (χ0v) is 9.44. The van der Waals surface area contributed by atoms with Gasteiger partial charge in [0, 0.05) is 17.4 Å². The fraction of sp³-hybridized carbons (Fsp3) is 0.357. The van der Waals surface area contributed by atoms with Crippen LogP contribution in [0.15, 0.2) is 24.3 Å². The van der Waals surface area contributed by atoms with E-state index in [0.29, 0.717) is 0 Å². The van der Waals surface area contributed by atoms with E-state index in [0.717, 1.165) is 24.4 Å². The van der Waals surface area contributed by atoms with Gasteiger partial charge in [0.15, 0.2) is 6.29 Å². The Bertz CT molecular complexity index is 549. The zero-order chi connectivity index (χ0) is 11.1. The van der Waals surface area contributed by atoms with Crippen LogP contribution in [0.1, 0.15) is 28.9 Å². The van der Waals surface area contributed by atoms with Crippen molar-refractivity contribution in [3.63, 3.8) is 0 Å². The number of aryl methyl sites for hydroxylation is 1. The minimum absolute atomic E-state index is 0.787. The molecule has 0 N–H and O–H groups in total. The lowest BCUT2D eigenvalue weighted by molar-refractivity contribution is 0.111. The number of nitrogens with zero attached hydrogens (tertiary/aromatic N) is 1. The van der Waals surface area contributed by atoms with E-state index in [2.05, 4.69) is 29.7 Å². The summed E-state index contributed by atoms with van der Waals surface area (Å²) in [5.41, 5.74) is 3.27. The molecule has 0 unspecified atom stereocenters. The van der Waals surface area contributed by atoms with Crippen molar-refractivity contribution < 1.29 is 4.79 Å². The van der Waals surface area contributed by atoms with Crippen LogP contribution < -0.4 is 0 Å². The summed E-state index contributed by atoms with van der Waals surface area (Å²) in [6, 6.07) is 8.36. The number of hydrogen-bond acceptors (Lipinski definition) is 1. The number of fused-ring (bicyclic) bond motifs is 1. The van der Waals surface area contributed by atoms with Crippen LogP contribution in [0.3, 0.4) is 0 Å². The monoisotopic (exact) mass is 213 g/mol. The number of carbonyl (C=O) groups is 1. The summed E-state index contributed by atoms with van der Waals surface area (Å²) in [6.45, 7) is 3.09. The predicted octanol–water partition coefficient (Wildman–Crippen LogP) is 3.17. The lowest BCUT2D eigenvalue weighted by atomic mass is 10.2. The van der Waals surface area contributed by atoms with Crippen molar-refractivity contribution >= 4 is 17.2 Å². The molecule has 2 heteroatoms. The Kier molecular flexibility index (Phi) is 2.10. The average Bonchev–Trinajstić information content (AvgIpc) is 3.02. The number of aromatic nitrogens is 1. The first-order chi connectivity index (χ1) is 7.78. The molecule has 1 aromatic heterocycles. The van der Waals surface area contributed by atoms with Crippen LogP contribution in [0.25, 0.3) is 10.9 Å². The highest BCUT2D eigenvalue weighted by molar-refractivity contribution is 5.89. The van der Waals surface area contributed by atoms with Crippen LogP contribution in [0.2, 0.25) is 0 Å². The van der Waals surface area contributed by atoms with Crippen LogP contribution in [0.4, 0.5) is 0 Å². The highest BCUT2D eigenvalue weighted by Gasteiger charge is 2.23. The topological polar surface area (TPSA) is 22.0 Å². The molecule has 0 bridgehead atoms. The molecule has 2 nitrogen and oxygen atoms in total. The van der Waals surface area contributed by atoms with Gasteiger partial charge in [-0.15, -0.1) is 0 Å². The molecule has 1 heterocycles. The third-order valence-electron chi connectivity index (χ3n) is 3.35.